The number of para-hydroxylation sites is 1. The average molecular weight is 437 g/mol. The van der Waals surface area contributed by atoms with Crippen LogP contribution in [0, 0.1) is 5.92 Å². The van der Waals surface area contributed by atoms with E-state index in [0.717, 1.165) is 0 Å². The van der Waals surface area contributed by atoms with Gasteiger partial charge in [-0.3, -0.25) is 14.6 Å². The Morgan fingerprint density at radius 2 is 1.80 bits per heavy atom. The Kier molecular flexibility index (Phi) is 6.88. The van der Waals surface area contributed by atoms with Crippen LogP contribution in [0.5, 0.6) is 0 Å². The number of rotatable bonds is 8. The third kappa shape index (κ3) is 5.76. The molecule has 0 aliphatic carbocycles. The average Bonchev–Trinajstić information content (AvgIpc) is 2.58. The molecular weight excluding hydrogens is 408 g/mol. The Labute approximate surface area is 176 Å². The van der Waals surface area contributed by atoms with Crippen LogP contribution in [0.2, 0.25) is 0 Å². The number of aliphatic carboxylic acids is 1. The molecule has 30 heavy (non-hydrogen) atoms. The number of nitrogens with one attached hydrogen (secondary N) is 1. The van der Waals surface area contributed by atoms with Crippen molar-refractivity contribution in [1.29, 1.82) is 0 Å². The third-order valence-electron chi connectivity index (χ3n) is 4.25. The summed E-state index contributed by atoms with van der Waals surface area (Å²) in [4.78, 5) is 28.7. The van der Waals surface area contributed by atoms with E-state index in [9.17, 15) is 23.1 Å². The fourth-order valence-corrected chi connectivity index (χ4v) is 4.83. The zero-order valence-electron chi connectivity index (χ0n) is 17.8. The summed E-state index contributed by atoms with van der Waals surface area (Å²) < 4.78 is 34.1. The molecule has 0 bridgehead atoms. The van der Waals surface area contributed by atoms with Gasteiger partial charge in [-0.2, -0.15) is 4.72 Å². The van der Waals surface area contributed by atoms with Gasteiger partial charge in [-0.1, -0.05) is 32.0 Å². The maximum atomic E-state index is 13.2. The van der Waals surface area contributed by atoms with Crippen molar-refractivity contribution in [1.82, 2.24) is 9.71 Å². The minimum absolute atomic E-state index is 0.0982. The highest BCUT2D eigenvalue weighted by atomic mass is 32.2. The number of benzene rings is 1. The predicted octanol–water partition coefficient (Wildman–Crippen LogP) is 3.11. The van der Waals surface area contributed by atoms with Gasteiger partial charge in [-0.15, -0.1) is 0 Å². The molecule has 1 unspecified atom stereocenters. The quantitative estimate of drug-likeness (QED) is 0.610. The molecule has 8 nitrogen and oxygen atoms in total. The number of hydrogen-bond acceptors (Lipinski definition) is 6. The summed E-state index contributed by atoms with van der Waals surface area (Å²) in [6.45, 7) is 8.46. The molecule has 0 spiro atoms. The first-order valence-corrected chi connectivity index (χ1v) is 11.1. The van der Waals surface area contributed by atoms with Crippen molar-refractivity contribution < 1.29 is 27.9 Å². The van der Waals surface area contributed by atoms with Crippen molar-refractivity contribution in [2.75, 3.05) is 0 Å². The molecule has 0 aliphatic rings. The van der Waals surface area contributed by atoms with Gasteiger partial charge < -0.3 is 9.84 Å². The Bertz CT molecular complexity index is 1040. The van der Waals surface area contributed by atoms with Gasteiger partial charge in [0, 0.05) is 11.6 Å². The van der Waals surface area contributed by atoms with Gasteiger partial charge in [-0.25, -0.2) is 8.42 Å². The van der Waals surface area contributed by atoms with Crippen molar-refractivity contribution >= 4 is 32.9 Å². The zero-order chi connectivity index (χ0) is 22.7. The normalized spacial score (nSPS) is 14.5. The number of hydrogen-bond donors (Lipinski definition) is 2. The smallest absolute Gasteiger partial charge is 0.325 e. The molecule has 1 aromatic carbocycles. The standard InChI is InChI=1S/C21H28N2O6S/c1-14(2)12-21(19(25)26,13-17(24)29-20(3,4)5)23-30(27,28)16-10-6-8-15-9-7-11-22-18(15)16/h6-11,14,23H,12-13H2,1-5H3,(H,25,26). The molecule has 9 heteroatoms. The van der Waals surface area contributed by atoms with Crippen molar-refractivity contribution in [3.8, 4) is 0 Å². The number of carbonyl (C=O) groups is 2. The van der Waals surface area contributed by atoms with E-state index in [2.05, 4.69) is 9.71 Å². The Hall–Kier alpha value is -2.52. The molecule has 2 aromatic rings. The Morgan fingerprint density at radius 1 is 1.17 bits per heavy atom. The monoisotopic (exact) mass is 436 g/mol. The summed E-state index contributed by atoms with van der Waals surface area (Å²) >= 11 is 0. The minimum Gasteiger partial charge on any atom is -0.480 e. The molecule has 0 amide bonds. The van der Waals surface area contributed by atoms with Crippen molar-refractivity contribution in [2.45, 2.75) is 63.5 Å². The van der Waals surface area contributed by atoms with Crippen molar-refractivity contribution in [2.24, 2.45) is 5.92 Å². The number of carbonyl (C=O) groups excluding carboxylic acids is 1. The highest BCUT2D eigenvalue weighted by Crippen LogP contribution is 2.28. The molecule has 0 saturated heterocycles. The topological polar surface area (TPSA) is 123 Å². The van der Waals surface area contributed by atoms with Crippen LogP contribution >= 0.6 is 0 Å². The van der Waals surface area contributed by atoms with Gasteiger partial charge in [0.2, 0.25) is 10.0 Å². The molecule has 0 fully saturated rings. The lowest BCUT2D eigenvalue weighted by molar-refractivity contribution is -0.161. The second kappa shape index (κ2) is 8.69. The van der Waals surface area contributed by atoms with Crippen LogP contribution < -0.4 is 4.72 Å². The van der Waals surface area contributed by atoms with Crippen LogP contribution in [-0.2, 0) is 24.3 Å². The van der Waals surface area contributed by atoms with Crippen molar-refractivity contribution in [3.05, 3.63) is 36.5 Å². The minimum atomic E-state index is -4.33. The largest absolute Gasteiger partial charge is 0.480 e. The van der Waals surface area contributed by atoms with E-state index >= 15 is 0 Å². The van der Waals surface area contributed by atoms with Crippen LogP contribution in [0.4, 0.5) is 0 Å². The number of aromatic nitrogens is 1. The lowest BCUT2D eigenvalue weighted by Gasteiger charge is -2.32. The Morgan fingerprint density at radius 3 is 2.37 bits per heavy atom. The number of carboxylic acid groups (broad SMARTS) is 1. The van der Waals surface area contributed by atoms with Crippen LogP contribution in [0.1, 0.15) is 47.5 Å². The van der Waals surface area contributed by atoms with Crippen molar-refractivity contribution in [3.63, 3.8) is 0 Å². The predicted molar refractivity (Wildman–Crippen MR) is 112 cm³/mol. The fourth-order valence-electron chi connectivity index (χ4n) is 3.28. The molecule has 1 heterocycles. The maximum absolute atomic E-state index is 13.2. The number of sulfonamides is 1. The molecule has 164 valence electrons. The second-order valence-electron chi connectivity index (χ2n) is 8.69. The fraction of sp³-hybridized carbons (Fsp3) is 0.476. The highest BCUT2D eigenvalue weighted by molar-refractivity contribution is 7.89. The third-order valence-corrected chi connectivity index (χ3v) is 5.82. The molecule has 2 rings (SSSR count). The molecule has 0 radical (unpaired) electrons. The van der Waals surface area contributed by atoms with E-state index in [1.54, 1.807) is 58.9 Å². The van der Waals surface area contributed by atoms with Gasteiger partial charge in [-0.05, 0) is 45.2 Å². The summed E-state index contributed by atoms with van der Waals surface area (Å²) in [6, 6.07) is 8.00. The maximum Gasteiger partial charge on any atom is 0.325 e. The van der Waals surface area contributed by atoms with Gasteiger partial charge in [0.05, 0.1) is 11.9 Å². The number of esters is 1. The molecular formula is C21H28N2O6S. The number of pyridine rings is 1. The van der Waals surface area contributed by atoms with E-state index in [4.69, 9.17) is 4.74 Å². The first-order valence-electron chi connectivity index (χ1n) is 9.59. The summed E-state index contributed by atoms with van der Waals surface area (Å²) in [5.74, 6) is -2.46. The van der Waals surface area contributed by atoms with E-state index in [0.29, 0.717) is 5.39 Å². The van der Waals surface area contributed by atoms with Crippen LogP contribution in [0.25, 0.3) is 10.9 Å². The number of ether oxygens (including phenoxy) is 1. The van der Waals surface area contributed by atoms with Gasteiger partial charge in [0.25, 0.3) is 0 Å². The summed E-state index contributed by atoms with van der Waals surface area (Å²) in [6.07, 6.45) is 0.717. The Balaban J connectivity index is 2.53. The highest BCUT2D eigenvalue weighted by Gasteiger charge is 2.46. The summed E-state index contributed by atoms with van der Waals surface area (Å²) in [7, 11) is -4.33. The molecule has 1 aromatic heterocycles. The van der Waals surface area contributed by atoms with E-state index in [1.165, 1.54) is 12.3 Å². The number of fused-ring (bicyclic) bond motifs is 1. The second-order valence-corrected chi connectivity index (χ2v) is 10.3. The zero-order valence-corrected chi connectivity index (χ0v) is 18.6. The van der Waals surface area contributed by atoms with Crippen LogP contribution in [0.15, 0.2) is 41.4 Å². The summed E-state index contributed by atoms with van der Waals surface area (Å²) in [5, 5.41) is 10.6. The van der Waals surface area contributed by atoms with Crippen LogP contribution in [-0.4, -0.2) is 41.6 Å². The molecule has 2 N–H and O–H groups in total. The molecule has 0 saturated carbocycles. The van der Waals surface area contributed by atoms with Gasteiger partial charge in [0.1, 0.15) is 16.0 Å². The summed E-state index contributed by atoms with van der Waals surface area (Å²) in [5.41, 5.74) is -2.68. The lowest BCUT2D eigenvalue weighted by atomic mass is 9.87. The molecule has 0 aliphatic heterocycles. The molecule has 1 atom stereocenters. The first kappa shape index (κ1) is 23.8. The van der Waals surface area contributed by atoms with E-state index in [1.807, 2.05) is 0 Å². The van der Waals surface area contributed by atoms with E-state index < -0.39 is 39.5 Å². The first-order chi connectivity index (χ1) is 13.8. The van der Waals surface area contributed by atoms with Gasteiger partial charge >= 0.3 is 11.9 Å². The van der Waals surface area contributed by atoms with E-state index in [-0.39, 0.29) is 22.8 Å². The van der Waals surface area contributed by atoms with Crippen LogP contribution in [0.3, 0.4) is 0 Å². The SMILES string of the molecule is CC(C)CC(CC(=O)OC(C)(C)C)(NS(=O)(=O)c1cccc2cccnc12)C(=O)O. The number of nitrogens with zero attached hydrogens (tertiary/aromatic N) is 1. The lowest BCUT2D eigenvalue weighted by Crippen LogP contribution is -2.56. The van der Waals surface area contributed by atoms with Gasteiger partial charge in [0.15, 0.2) is 0 Å². The number of carboxylic acids is 1.